The summed E-state index contributed by atoms with van der Waals surface area (Å²) in [5.74, 6) is -0.0799. The van der Waals surface area contributed by atoms with Gasteiger partial charge in [-0.1, -0.05) is 17.3 Å². The van der Waals surface area contributed by atoms with Crippen LogP contribution >= 0.6 is 0 Å². The highest BCUT2D eigenvalue weighted by atomic mass is 16.5. The highest BCUT2D eigenvalue weighted by molar-refractivity contribution is 5.99. The van der Waals surface area contributed by atoms with Crippen LogP contribution < -0.4 is 5.32 Å². The molecule has 1 amide bonds. The molecule has 0 radical (unpaired) electrons. The fraction of sp³-hybridized carbons (Fsp3) is 0.385. The van der Waals surface area contributed by atoms with E-state index >= 15 is 0 Å². The summed E-state index contributed by atoms with van der Waals surface area (Å²) in [6.45, 7) is 4.63. The van der Waals surface area contributed by atoms with Gasteiger partial charge < -0.3 is 15.3 Å². The summed E-state index contributed by atoms with van der Waals surface area (Å²) in [5.41, 5.74) is 2.06. The minimum atomic E-state index is -0.0799. The second kappa shape index (κ2) is 7.45. The predicted molar refractivity (Wildman–Crippen MR) is 70.2 cm³/mol. The van der Waals surface area contributed by atoms with E-state index in [0.29, 0.717) is 31.0 Å². The molecule has 1 aromatic rings. The van der Waals surface area contributed by atoms with Gasteiger partial charge >= 0.3 is 0 Å². The zero-order chi connectivity index (χ0) is 13.4. The number of oxime groups is 1. The van der Waals surface area contributed by atoms with Crippen molar-refractivity contribution < 1.29 is 14.7 Å². The van der Waals surface area contributed by atoms with Crippen molar-refractivity contribution in [2.24, 2.45) is 5.16 Å². The molecular formula is C13H18N2O3. The molecule has 0 aromatic heterocycles. The standard InChI is InChI=1S/C13H18N2O3/c1-3-18-9-8-13(16)14-12-6-4-11(5-7-12)10(2)15-17/h4-7,17H,3,8-9H2,1-2H3,(H,14,16). The van der Waals surface area contributed by atoms with E-state index < -0.39 is 0 Å². The van der Waals surface area contributed by atoms with E-state index in [-0.39, 0.29) is 5.91 Å². The third-order valence-electron chi connectivity index (χ3n) is 2.41. The Hall–Kier alpha value is -1.88. The number of carbonyl (C=O) groups is 1. The number of nitrogens with one attached hydrogen (secondary N) is 1. The number of rotatable bonds is 6. The summed E-state index contributed by atoms with van der Waals surface area (Å²) in [7, 11) is 0. The molecule has 0 saturated heterocycles. The number of hydrogen-bond donors (Lipinski definition) is 2. The molecule has 1 aromatic carbocycles. The van der Waals surface area contributed by atoms with Crippen LogP contribution in [-0.2, 0) is 9.53 Å². The smallest absolute Gasteiger partial charge is 0.226 e. The normalized spacial score (nSPS) is 11.3. The van der Waals surface area contributed by atoms with E-state index in [1.807, 2.05) is 6.92 Å². The summed E-state index contributed by atoms with van der Waals surface area (Å²) in [6.07, 6.45) is 0.340. The van der Waals surface area contributed by atoms with Crippen molar-refractivity contribution in [3.05, 3.63) is 29.8 Å². The molecule has 18 heavy (non-hydrogen) atoms. The van der Waals surface area contributed by atoms with Crippen LogP contribution in [0.1, 0.15) is 25.8 Å². The first-order valence-corrected chi connectivity index (χ1v) is 5.84. The van der Waals surface area contributed by atoms with Crippen molar-refractivity contribution in [2.45, 2.75) is 20.3 Å². The molecule has 5 nitrogen and oxygen atoms in total. The zero-order valence-electron chi connectivity index (χ0n) is 10.6. The molecule has 5 heteroatoms. The molecule has 0 aliphatic heterocycles. The van der Waals surface area contributed by atoms with Crippen LogP contribution in [0.5, 0.6) is 0 Å². The number of benzene rings is 1. The maximum absolute atomic E-state index is 11.5. The summed E-state index contributed by atoms with van der Waals surface area (Å²) in [5, 5.41) is 14.5. The Morgan fingerprint density at radius 3 is 2.61 bits per heavy atom. The molecule has 0 atom stereocenters. The molecule has 0 fully saturated rings. The minimum absolute atomic E-state index is 0.0799. The molecule has 2 N–H and O–H groups in total. The largest absolute Gasteiger partial charge is 0.411 e. The first kappa shape index (κ1) is 14.2. The molecule has 0 saturated carbocycles. The van der Waals surface area contributed by atoms with Crippen molar-refractivity contribution in [2.75, 3.05) is 18.5 Å². The van der Waals surface area contributed by atoms with E-state index in [9.17, 15) is 4.79 Å². The molecule has 0 bridgehead atoms. The molecule has 0 aliphatic carbocycles. The first-order chi connectivity index (χ1) is 8.67. The summed E-state index contributed by atoms with van der Waals surface area (Å²) in [4.78, 5) is 11.5. The molecular weight excluding hydrogens is 232 g/mol. The van der Waals surface area contributed by atoms with Crippen molar-refractivity contribution >= 4 is 17.3 Å². The van der Waals surface area contributed by atoms with E-state index in [2.05, 4.69) is 10.5 Å². The minimum Gasteiger partial charge on any atom is -0.411 e. The van der Waals surface area contributed by atoms with Gasteiger partial charge in [0.15, 0.2) is 0 Å². The van der Waals surface area contributed by atoms with Crippen molar-refractivity contribution in [3.8, 4) is 0 Å². The van der Waals surface area contributed by atoms with Crippen LogP contribution in [0.25, 0.3) is 0 Å². The van der Waals surface area contributed by atoms with Gasteiger partial charge in [0.1, 0.15) is 0 Å². The van der Waals surface area contributed by atoms with Crippen LogP contribution in [0.4, 0.5) is 5.69 Å². The fourth-order valence-electron chi connectivity index (χ4n) is 1.39. The SMILES string of the molecule is CCOCCC(=O)Nc1ccc(C(C)=NO)cc1. The Labute approximate surface area is 106 Å². The van der Waals surface area contributed by atoms with E-state index in [1.54, 1.807) is 31.2 Å². The number of carbonyl (C=O) groups excluding carboxylic acids is 1. The molecule has 0 heterocycles. The van der Waals surface area contributed by atoms with E-state index in [1.165, 1.54) is 0 Å². The molecule has 98 valence electrons. The fourth-order valence-corrected chi connectivity index (χ4v) is 1.39. The monoisotopic (exact) mass is 250 g/mol. The van der Waals surface area contributed by atoms with Gasteiger partial charge in [0.25, 0.3) is 0 Å². The van der Waals surface area contributed by atoms with E-state index in [4.69, 9.17) is 9.94 Å². The molecule has 1 rings (SSSR count). The zero-order valence-corrected chi connectivity index (χ0v) is 10.6. The number of hydrogen-bond acceptors (Lipinski definition) is 4. The number of anilines is 1. The molecule has 0 unspecified atom stereocenters. The second-order valence-corrected chi connectivity index (χ2v) is 3.76. The third kappa shape index (κ3) is 4.55. The number of ether oxygens (including phenoxy) is 1. The van der Waals surface area contributed by atoms with Crippen LogP contribution in [0.15, 0.2) is 29.4 Å². The van der Waals surface area contributed by atoms with Crippen LogP contribution in [0.2, 0.25) is 0 Å². The third-order valence-corrected chi connectivity index (χ3v) is 2.41. The number of nitrogens with zero attached hydrogens (tertiary/aromatic N) is 1. The summed E-state index contributed by atoms with van der Waals surface area (Å²) >= 11 is 0. The summed E-state index contributed by atoms with van der Waals surface area (Å²) in [6, 6.07) is 7.10. The Bertz CT molecular complexity index is 413. The molecule has 0 spiro atoms. The lowest BCUT2D eigenvalue weighted by molar-refractivity contribution is -0.117. The Kier molecular flexibility index (Phi) is 5.87. The van der Waals surface area contributed by atoms with Gasteiger partial charge in [0.2, 0.25) is 5.91 Å². The van der Waals surface area contributed by atoms with Crippen LogP contribution in [0, 0.1) is 0 Å². The lowest BCUT2D eigenvalue weighted by Crippen LogP contribution is -2.14. The van der Waals surface area contributed by atoms with Gasteiger partial charge in [0.05, 0.1) is 18.7 Å². The maximum atomic E-state index is 11.5. The predicted octanol–water partition coefficient (Wildman–Crippen LogP) is 2.25. The quantitative estimate of drug-likeness (QED) is 0.352. The van der Waals surface area contributed by atoms with Crippen molar-refractivity contribution in [1.82, 2.24) is 0 Å². The highest BCUT2D eigenvalue weighted by Crippen LogP contribution is 2.10. The van der Waals surface area contributed by atoms with Crippen LogP contribution in [0.3, 0.4) is 0 Å². The second-order valence-electron chi connectivity index (χ2n) is 3.76. The van der Waals surface area contributed by atoms with Gasteiger partial charge in [-0.25, -0.2) is 0 Å². The lowest BCUT2D eigenvalue weighted by atomic mass is 10.1. The van der Waals surface area contributed by atoms with Crippen molar-refractivity contribution in [1.29, 1.82) is 0 Å². The summed E-state index contributed by atoms with van der Waals surface area (Å²) < 4.78 is 5.10. The Morgan fingerprint density at radius 2 is 2.06 bits per heavy atom. The maximum Gasteiger partial charge on any atom is 0.226 e. The van der Waals surface area contributed by atoms with Gasteiger partial charge in [0, 0.05) is 12.3 Å². The topological polar surface area (TPSA) is 70.9 Å². The highest BCUT2D eigenvalue weighted by Gasteiger charge is 2.03. The van der Waals surface area contributed by atoms with E-state index in [0.717, 1.165) is 5.56 Å². The first-order valence-electron chi connectivity index (χ1n) is 5.84. The van der Waals surface area contributed by atoms with Gasteiger partial charge in [-0.05, 0) is 31.5 Å². The lowest BCUT2D eigenvalue weighted by Gasteiger charge is -2.06. The van der Waals surface area contributed by atoms with Crippen LogP contribution in [-0.4, -0.2) is 30.0 Å². The van der Waals surface area contributed by atoms with Gasteiger partial charge in [-0.15, -0.1) is 0 Å². The van der Waals surface area contributed by atoms with Crippen molar-refractivity contribution in [3.63, 3.8) is 0 Å². The Balaban J connectivity index is 2.51. The number of amides is 1. The molecule has 0 aliphatic rings. The van der Waals surface area contributed by atoms with Gasteiger partial charge in [-0.2, -0.15) is 0 Å². The average Bonchev–Trinajstić information content (AvgIpc) is 2.39. The average molecular weight is 250 g/mol. The Morgan fingerprint density at radius 1 is 1.39 bits per heavy atom. The van der Waals surface area contributed by atoms with Gasteiger partial charge in [-0.3, -0.25) is 4.79 Å².